The Morgan fingerprint density at radius 1 is 1.06 bits per heavy atom. The Morgan fingerprint density at radius 3 is 1.81 bits per heavy atom. The molecule has 0 rings (SSSR count). The molecule has 0 aromatic heterocycles. The van der Waals surface area contributed by atoms with Crippen molar-refractivity contribution in [2.75, 3.05) is 34.9 Å². The Labute approximate surface area is 96.7 Å². The quantitative estimate of drug-likeness (QED) is 0.624. The summed E-state index contributed by atoms with van der Waals surface area (Å²) in [6, 6.07) is 0. The van der Waals surface area contributed by atoms with Crippen LogP contribution < -0.4 is 0 Å². The van der Waals surface area contributed by atoms with Crippen molar-refractivity contribution >= 4 is 11.9 Å². The first-order valence-corrected chi connectivity index (χ1v) is 5.28. The van der Waals surface area contributed by atoms with E-state index in [-0.39, 0.29) is 11.9 Å². The number of esters is 2. The molecule has 5 nitrogen and oxygen atoms in total. The van der Waals surface area contributed by atoms with E-state index in [0.717, 1.165) is 0 Å². The van der Waals surface area contributed by atoms with Crippen molar-refractivity contribution in [1.29, 1.82) is 0 Å². The fourth-order valence-electron chi connectivity index (χ4n) is 1.68. The molecule has 94 valence electrons. The second kappa shape index (κ2) is 7.22. The van der Waals surface area contributed by atoms with Crippen molar-refractivity contribution in [1.82, 2.24) is 4.90 Å². The number of rotatable bonds is 6. The van der Waals surface area contributed by atoms with E-state index in [9.17, 15) is 9.59 Å². The molecule has 0 amide bonds. The van der Waals surface area contributed by atoms with Crippen molar-refractivity contribution in [3.05, 3.63) is 0 Å². The molecule has 0 aromatic carbocycles. The molecule has 0 heterocycles. The molecule has 0 saturated carbocycles. The van der Waals surface area contributed by atoms with Crippen LogP contribution in [-0.2, 0) is 19.1 Å². The number of ether oxygens (including phenoxy) is 2. The molecule has 0 radical (unpaired) electrons. The maximum atomic E-state index is 11.6. The molecule has 2 atom stereocenters. The van der Waals surface area contributed by atoms with Crippen LogP contribution in [0.5, 0.6) is 0 Å². The largest absolute Gasteiger partial charge is 0.469 e. The molecule has 0 aliphatic carbocycles. The molecule has 16 heavy (non-hydrogen) atoms. The lowest BCUT2D eigenvalue weighted by molar-refractivity contribution is -0.158. The van der Waals surface area contributed by atoms with Gasteiger partial charge < -0.3 is 14.4 Å². The lowest BCUT2D eigenvalue weighted by Gasteiger charge is -2.24. The number of hydrogen-bond acceptors (Lipinski definition) is 5. The van der Waals surface area contributed by atoms with Gasteiger partial charge in [-0.15, -0.1) is 0 Å². The standard InChI is InChI=1S/C11H21NO4/c1-6-8(10(13)15-4)9(7-12(2)3)11(14)16-5/h8-9H,6-7H2,1-5H3. The smallest absolute Gasteiger partial charge is 0.310 e. The summed E-state index contributed by atoms with van der Waals surface area (Å²) in [5, 5.41) is 0. The van der Waals surface area contributed by atoms with Gasteiger partial charge in [-0.1, -0.05) is 6.92 Å². The summed E-state index contributed by atoms with van der Waals surface area (Å²) in [5.74, 6) is -1.65. The summed E-state index contributed by atoms with van der Waals surface area (Å²) in [4.78, 5) is 25.0. The second-order valence-corrected chi connectivity index (χ2v) is 3.93. The fraction of sp³-hybridized carbons (Fsp3) is 0.818. The number of nitrogens with zero attached hydrogens (tertiary/aromatic N) is 1. The lowest BCUT2D eigenvalue weighted by Crippen LogP contribution is -2.38. The van der Waals surface area contributed by atoms with E-state index < -0.39 is 11.8 Å². The van der Waals surface area contributed by atoms with E-state index in [1.54, 1.807) is 0 Å². The van der Waals surface area contributed by atoms with Crippen LogP contribution in [0.1, 0.15) is 13.3 Å². The van der Waals surface area contributed by atoms with E-state index in [4.69, 9.17) is 9.47 Å². The number of carbonyl (C=O) groups excluding carboxylic acids is 2. The van der Waals surface area contributed by atoms with Gasteiger partial charge in [0.1, 0.15) is 0 Å². The first-order valence-electron chi connectivity index (χ1n) is 5.28. The molecule has 5 heteroatoms. The van der Waals surface area contributed by atoms with Crippen LogP contribution in [-0.4, -0.2) is 51.7 Å². The maximum Gasteiger partial charge on any atom is 0.310 e. The van der Waals surface area contributed by atoms with Crippen molar-refractivity contribution in [2.45, 2.75) is 13.3 Å². The molecular weight excluding hydrogens is 210 g/mol. The van der Waals surface area contributed by atoms with E-state index in [1.165, 1.54) is 14.2 Å². The first-order chi connectivity index (χ1) is 7.47. The summed E-state index contributed by atoms with van der Waals surface area (Å²) >= 11 is 0. The molecule has 0 spiro atoms. The van der Waals surface area contributed by atoms with E-state index in [2.05, 4.69) is 0 Å². The maximum absolute atomic E-state index is 11.6. The minimum absolute atomic E-state index is 0.361. The average molecular weight is 231 g/mol. The van der Waals surface area contributed by atoms with Gasteiger partial charge in [-0.25, -0.2) is 0 Å². The van der Waals surface area contributed by atoms with E-state index in [0.29, 0.717) is 13.0 Å². The summed E-state index contributed by atoms with van der Waals surface area (Å²) in [6.07, 6.45) is 0.556. The lowest BCUT2D eigenvalue weighted by atomic mass is 9.89. The Kier molecular flexibility index (Phi) is 6.72. The molecule has 0 bridgehead atoms. The highest BCUT2D eigenvalue weighted by atomic mass is 16.5. The average Bonchev–Trinajstić information content (AvgIpc) is 2.26. The van der Waals surface area contributed by atoms with Crippen LogP contribution in [0.15, 0.2) is 0 Å². The summed E-state index contributed by atoms with van der Waals surface area (Å²) in [6.45, 7) is 2.33. The third-order valence-electron chi connectivity index (χ3n) is 2.50. The molecule has 0 N–H and O–H groups in total. The highest BCUT2D eigenvalue weighted by molar-refractivity contribution is 5.82. The van der Waals surface area contributed by atoms with Crippen molar-refractivity contribution in [3.63, 3.8) is 0 Å². The SMILES string of the molecule is CCC(C(=O)OC)C(CN(C)C)C(=O)OC. The number of carbonyl (C=O) groups is 2. The van der Waals surface area contributed by atoms with Crippen LogP contribution in [0.4, 0.5) is 0 Å². The van der Waals surface area contributed by atoms with E-state index >= 15 is 0 Å². The fourth-order valence-corrected chi connectivity index (χ4v) is 1.68. The molecular formula is C11H21NO4. The summed E-state index contributed by atoms with van der Waals surface area (Å²) < 4.78 is 9.41. The second-order valence-electron chi connectivity index (χ2n) is 3.93. The Hall–Kier alpha value is -1.10. The summed E-state index contributed by atoms with van der Waals surface area (Å²) in [7, 11) is 6.35. The molecule has 0 fully saturated rings. The third kappa shape index (κ3) is 4.18. The minimum atomic E-state index is -0.475. The van der Waals surface area contributed by atoms with Gasteiger partial charge in [0.05, 0.1) is 26.1 Å². The normalized spacial score (nSPS) is 14.4. The van der Waals surface area contributed by atoms with Gasteiger partial charge >= 0.3 is 11.9 Å². The highest BCUT2D eigenvalue weighted by Crippen LogP contribution is 2.19. The zero-order valence-electron chi connectivity index (χ0n) is 10.6. The monoisotopic (exact) mass is 231 g/mol. The molecule has 0 aliphatic rings. The van der Waals surface area contributed by atoms with Crippen molar-refractivity contribution in [2.24, 2.45) is 11.8 Å². The summed E-state index contributed by atoms with van der Waals surface area (Å²) in [5.41, 5.74) is 0. The minimum Gasteiger partial charge on any atom is -0.469 e. The van der Waals surface area contributed by atoms with Gasteiger partial charge in [0, 0.05) is 6.54 Å². The van der Waals surface area contributed by atoms with Gasteiger partial charge in [-0.05, 0) is 20.5 Å². The number of hydrogen-bond donors (Lipinski definition) is 0. The number of methoxy groups -OCH3 is 2. The van der Waals surface area contributed by atoms with Crippen LogP contribution in [0.25, 0.3) is 0 Å². The van der Waals surface area contributed by atoms with Crippen LogP contribution in [0, 0.1) is 11.8 Å². The van der Waals surface area contributed by atoms with Crippen molar-refractivity contribution < 1.29 is 19.1 Å². The predicted octanol–water partition coefficient (Wildman–Crippen LogP) is 0.536. The zero-order chi connectivity index (χ0) is 12.7. The first kappa shape index (κ1) is 14.9. The highest BCUT2D eigenvalue weighted by Gasteiger charge is 2.34. The van der Waals surface area contributed by atoms with Gasteiger partial charge in [0.15, 0.2) is 0 Å². The van der Waals surface area contributed by atoms with Crippen LogP contribution in [0.2, 0.25) is 0 Å². The van der Waals surface area contributed by atoms with Crippen LogP contribution >= 0.6 is 0 Å². The van der Waals surface area contributed by atoms with E-state index in [1.807, 2.05) is 25.9 Å². The Bertz CT molecular complexity index is 240. The molecule has 0 saturated heterocycles. The van der Waals surface area contributed by atoms with Gasteiger partial charge in [-0.2, -0.15) is 0 Å². The predicted molar refractivity (Wildman–Crippen MR) is 59.9 cm³/mol. The Balaban J connectivity index is 4.82. The molecule has 2 unspecified atom stereocenters. The van der Waals surface area contributed by atoms with Crippen molar-refractivity contribution in [3.8, 4) is 0 Å². The van der Waals surface area contributed by atoms with Gasteiger partial charge in [0.2, 0.25) is 0 Å². The van der Waals surface area contributed by atoms with Gasteiger partial charge in [-0.3, -0.25) is 9.59 Å². The van der Waals surface area contributed by atoms with Gasteiger partial charge in [0.25, 0.3) is 0 Å². The third-order valence-corrected chi connectivity index (χ3v) is 2.50. The topological polar surface area (TPSA) is 55.8 Å². The zero-order valence-corrected chi connectivity index (χ0v) is 10.6. The van der Waals surface area contributed by atoms with Crippen LogP contribution in [0.3, 0.4) is 0 Å². The Morgan fingerprint density at radius 2 is 1.50 bits per heavy atom. The molecule has 0 aliphatic heterocycles. The molecule has 0 aromatic rings.